The highest BCUT2D eigenvalue weighted by Gasteiger charge is 2.22. The second-order valence-electron chi connectivity index (χ2n) is 3.87. The van der Waals surface area contributed by atoms with E-state index in [2.05, 4.69) is 47.0 Å². The van der Waals surface area contributed by atoms with E-state index in [1.807, 2.05) is 18.5 Å². The maximum Gasteiger partial charge on any atom is 0.341 e. The third-order valence-corrected chi connectivity index (χ3v) is 5.11. The van der Waals surface area contributed by atoms with Crippen LogP contribution in [0.25, 0.3) is 0 Å². The first kappa shape index (κ1) is 17.3. The number of halogens is 2. The standard InChI is InChI=1S/C10H19Br2N4O2P/c1-9-13-7-10(16(9)2)8-18-19(17,14-5-3-11)15-6-4-12/h7H,3-6,8H2,1-2H3,(H2,14,15,17). The Labute approximate surface area is 130 Å². The van der Waals surface area contributed by atoms with Crippen molar-refractivity contribution in [2.24, 2.45) is 7.05 Å². The van der Waals surface area contributed by atoms with Crippen LogP contribution in [-0.4, -0.2) is 33.3 Å². The molecule has 0 amide bonds. The highest BCUT2D eigenvalue weighted by Crippen LogP contribution is 2.38. The molecule has 0 fully saturated rings. The molecule has 2 N–H and O–H groups in total. The van der Waals surface area contributed by atoms with Crippen LogP contribution < -0.4 is 10.2 Å². The van der Waals surface area contributed by atoms with Gasteiger partial charge in [0.25, 0.3) is 0 Å². The summed E-state index contributed by atoms with van der Waals surface area (Å²) in [5.74, 6) is 0.898. The lowest BCUT2D eigenvalue weighted by molar-refractivity contribution is 0.280. The summed E-state index contributed by atoms with van der Waals surface area (Å²) in [5, 5.41) is 7.22. The molecule has 0 unspecified atom stereocenters. The lowest BCUT2D eigenvalue weighted by Gasteiger charge is -2.20. The van der Waals surface area contributed by atoms with E-state index in [-0.39, 0.29) is 6.61 Å². The molecular formula is C10H19Br2N4O2P. The fourth-order valence-corrected chi connectivity index (χ4v) is 3.80. The summed E-state index contributed by atoms with van der Waals surface area (Å²) in [4.78, 5) is 4.18. The van der Waals surface area contributed by atoms with Crippen molar-refractivity contribution in [1.29, 1.82) is 0 Å². The van der Waals surface area contributed by atoms with Gasteiger partial charge in [-0.05, 0) is 6.92 Å². The summed E-state index contributed by atoms with van der Waals surface area (Å²) in [7, 11) is -1.12. The highest BCUT2D eigenvalue weighted by molar-refractivity contribution is 9.09. The zero-order valence-electron chi connectivity index (χ0n) is 11.0. The fourth-order valence-electron chi connectivity index (χ4n) is 1.37. The lowest BCUT2D eigenvalue weighted by atomic mass is 10.5. The predicted octanol–water partition coefficient (Wildman–Crippen LogP) is 2.32. The number of alkyl halides is 2. The van der Waals surface area contributed by atoms with Crippen molar-refractivity contribution >= 4 is 39.5 Å². The monoisotopic (exact) mass is 416 g/mol. The lowest BCUT2D eigenvalue weighted by Crippen LogP contribution is -2.27. The number of hydrogen-bond acceptors (Lipinski definition) is 3. The molecule has 0 saturated heterocycles. The van der Waals surface area contributed by atoms with Crippen molar-refractivity contribution in [1.82, 2.24) is 19.7 Å². The van der Waals surface area contributed by atoms with E-state index >= 15 is 0 Å². The van der Waals surface area contributed by atoms with Gasteiger partial charge >= 0.3 is 7.67 Å². The van der Waals surface area contributed by atoms with E-state index in [1.54, 1.807) is 6.20 Å². The summed E-state index contributed by atoms with van der Waals surface area (Å²) in [6, 6.07) is 0. The van der Waals surface area contributed by atoms with Crippen LogP contribution in [0.5, 0.6) is 0 Å². The van der Waals surface area contributed by atoms with Crippen molar-refractivity contribution < 1.29 is 9.09 Å². The number of nitrogens with zero attached hydrogens (tertiary/aromatic N) is 2. The van der Waals surface area contributed by atoms with Crippen LogP contribution in [0.1, 0.15) is 11.5 Å². The zero-order valence-corrected chi connectivity index (χ0v) is 15.1. The van der Waals surface area contributed by atoms with Crippen LogP contribution in [0.4, 0.5) is 0 Å². The largest absolute Gasteiger partial charge is 0.341 e. The van der Waals surface area contributed by atoms with Gasteiger partial charge in [-0.25, -0.2) is 15.2 Å². The van der Waals surface area contributed by atoms with Crippen molar-refractivity contribution in [3.05, 3.63) is 17.7 Å². The van der Waals surface area contributed by atoms with Gasteiger partial charge in [-0.15, -0.1) is 0 Å². The third kappa shape index (κ3) is 5.65. The zero-order chi connectivity index (χ0) is 14.3. The number of imidazole rings is 1. The van der Waals surface area contributed by atoms with Gasteiger partial charge in [0, 0.05) is 30.8 Å². The van der Waals surface area contributed by atoms with Crippen LogP contribution >= 0.6 is 39.5 Å². The van der Waals surface area contributed by atoms with E-state index in [4.69, 9.17) is 4.52 Å². The number of nitrogens with one attached hydrogen (secondary N) is 2. The Morgan fingerprint density at radius 3 is 2.37 bits per heavy atom. The maximum atomic E-state index is 12.5. The minimum Gasteiger partial charge on any atom is -0.333 e. The van der Waals surface area contributed by atoms with Crippen LogP contribution in [-0.2, 0) is 22.7 Å². The van der Waals surface area contributed by atoms with Crippen LogP contribution in [0.15, 0.2) is 6.20 Å². The molecule has 0 saturated carbocycles. The van der Waals surface area contributed by atoms with Crippen molar-refractivity contribution in [3.63, 3.8) is 0 Å². The first-order valence-electron chi connectivity index (χ1n) is 5.86. The normalized spacial score (nSPS) is 12.0. The Balaban J connectivity index is 2.61. The minimum atomic E-state index is -3.03. The summed E-state index contributed by atoms with van der Waals surface area (Å²) in [6.07, 6.45) is 1.73. The highest BCUT2D eigenvalue weighted by atomic mass is 79.9. The molecule has 0 aliphatic carbocycles. The van der Waals surface area contributed by atoms with E-state index in [1.165, 1.54) is 0 Å². The Kier molecular flexibility index (Phi) is 7.79. The Morgan fingerprint density at radius 1 is 1.37 bits per heavy atom. The van der Waals surface area contributed by atoms with Crippen molar-refractivity contribution in [2.75, 3.05) is 23.7 Å². The quantitative estimate of drug-likeness (QED) is 0.476. The molecule has 0 aromatic carbocycles. The average molecular weight is 418 g/mol. The van der Waals surface area contributed by atoms with Crippen molar-refractivity contribution in [3.8, 4) is 0 Å². The van der Waals surface area contributed by atoms with E-state index < -0.39 is 7.67 Å². The molecular weight excluding hydrogens is 399 g/mol. The fraction of sp³-hybridized carbons (Fsp3) is 0.700. The maximum absolute atomic E-state index is 12.5. The van der Waals surface area contributed by atoms with E-state index in [9.17, 15) is 4.57 Å². The van der Waals surface area contributed by atoms with Gasteiger partial charge in [-0.3, -0.25) is 9.09 Å². The number of rotatable bonds is 9. The van der Waals surface area contributed by atoms with Crippen LogP contribution in [0, 0.1) is 6.92 Å². The number of aromatic nitrogens is 2. The predicted molar refractivity (Wildman–Crippen MR) is 83.9 cm³/mol. The van der Waals surface area contributed by atoms with Crippen LogP contribution in [0.2, 0.25) is 0 Å². The second kappa shape index (κ2) is 8.54. The summed E-state index contributed by atoms with van der Waals surface area (Å²) >= 11 is 6.58. The van der Waals surface area contributed by atoms with Crippen LogP contribution in [0.3, 0.4) is 0 Å². The molecule has 19 heavy (non-hydrogen) atoms. The second-order valence-corrected chi connectivity index (χ2v) is 7.45. The molecule has 1 rings (SSSR count). The Morgan fingerprint density at radius 2 is 1.95 bits per heavy atom. The number of hydrogen-bond donors (Lipinski definition) is 2. The smallest absolute Gasteiger partial charge is 0.333 e. The third-order valence-electron chi connectivity index (χ3n) is 2.54. The molecule has 9 heteroatoms. The van der Waals surface area contributed by atoms with Gasteiger partial charge in [-0.2, -0.15) is 0 Å². The Hall–Kier alpha value is 0.280. The molecule has 0 aliphatic rings. The molecule has 1 heterocycles. The van der Waals surface area contributed by atoms with Gasteiger partial charge in [0.15, 0.2) is 0 Å². The summed E-state index contributed by atoms with van der Waals surface area (Å²) in [5.41, 5.74) is 0.888. The minimum absolute atomic E-state index is 0.249. The number of aryl methyl sites for hydroxylation is 1. The first-order chi connectivity index (χ1) is 9.02. The van der Waals surface area contributed by atoms with Gasteiger partial charge in [0.05, 0.1) is 18.5 Å². The molecule has 0 bridgehead atoms. The van der Waals surface area contributed by atoms with Crippen molar-refractivity contribution in [2.45, 2.75) is 13.5 Å². The molecule has 0 aliphatic heterocycles. The van der Waals surface area contributed by atoms with E-state index in [0.717, 1.165) is 11.5 Å². The molecule has 1 aromatic rings. The SMILES string of the molecule is Cc1ncc(COP(=O)(NCCBr)NCCBr)n1C. The first-order valence-corrected chi connectivity index (χ1v) is 9.73. The molecule has 110 valence electrons. The van der Waals surface area contributed by atoms with Gasteiger partial charge in [-0.1, -0.05) is 31.9 Å². The molecule has 6 nitrogen and oxygen atoms in total. The molecule has 0 spiro atoms. The summed E-state index contributed by atoms with van der Waals surface area (Å²) in [6.45, 7) is 3.29. The average Bonchev–Trinajstić information content (AvgIpc) is 2.72. The molecule has 0 radical (unpaired) electrons. The molecule has 1 aromatic heterocycles. The van der Waals surface area contributed by atoms with Gasteiger partial charge < -0.3 is 4.57 Å². The Bertz CT molecular complexity index is 429. The van der Waals surface area contributed by atoms with Gasteiger partial charge in [0.1, 0.15) is 5.82 Å². The van der Waals surface area contributed by atoms with Gasteiger partial charge in [0.2, 0.25) is 0 Å². The summed E-state index contributed by atoms with van der Waals surface area (Å²) < 4.78 is 20.0. The molecule has 0 atom stereocenters. The topological polar surface area (TPSA) is 68.2 Å². The van der Waals surface area contributed by atoms with E-state index in [0.29, 0.717) is 23.7 Å².